The van der Waals surface area contributed by atoms with E-state index >= 15 is 0 Å². The van der Waals surface area contributed by atoms with Gasteiger partial charge in [-0.25, -0.2) is 0 Å². The highest BCUT2D eigenvalue weighted by Crippen LogP contribution is 2.26. The maximum Gasteiger partial charge on any atom is 0.279 e. The molecule has 0 aromatic heterocycles. The molecule has 0 radical (unpaired) electrons. The van der Waals surface area contributed by atoms with Gasteiger partial charge in [-0.15, -0.1) is 0 Å². The maximum atomic E-state index is 12.3. The lowest BCUT2D eigenvalue weighted by molar-refractivity contribution is -0.128. The first kappa shape index (κ1) is 19.9. The van der Waals surface area contributed by atoms with Crippen LogP contribution in [0.25, 0.3) is 11.1 Å². The lowest BCUT2D eigenvalue weighted by atomic mass is 10.0. The van der Waals surface area contributed by atoms with Gasteiger partial charge in [0.1, 0.15) is 0 Å². The second-order valence-corrected chi connectivity index (χ2v) is 6.30. The molecular formula is C23H22N2O4. The van der Waals surface area contributed by atoms with E-state index in [4.69, 9.17) is 9.47 Å². The third-order valence-electron chi connectivity index (χ3n) is 4.30. The molecule has 148 valence electrons. The van der Waals surface area contributed by atoms with E-state index in [1.807, 2.05) is 42.5 Å². The van der Waals surface area contributed by atoms with E-state index < -0.39 is 17.9 Å². The summed E-state index contributed by atoms with van der Waals surface area (Å²) < 4.78 is 10.8. The summed E-state index contributed by atoms with van der Waals surface area (Å²) in [5.74, 6) is 0.0720. The van der Waals surface area contributed by atoms with Gasteiger partial charge in [0.15, 0.2) is 17.6 Å². The van der Waals surface area contributed by atoms with Crippen LogP contribution in [0.3, 0.4) is 0 Å². The van der Waals surface area contributed by atoms with Gasteiger partial charge in [-0.3, -0.25) is 20.4 Å². The van der Waals surface area contributed by atoms with E-state index in [1.165, 1.54) is 7.11 Å². The number of ether oxygens (including phenoxy) is 2. The SMILES string of the molecule is COc1ccccc1OC(C)C(=O)NNC(=O)c1ccc(-c2ccccc2)cc1. The van der Waals surface area contributed by atoms with Gasteiger partial charge >= 0.3 is 0 Å². The van der Waals surface area contributed by atoms with Crippen molar-refractivity contribution in [3.8, 4) is 22.6 Å². The predicted molar refractivity (Wildman–Crippen MR) is 111 cm³/mol. The van der Waals surface area contributed by atoms with Crippen molar-refractivity contribution in [1.29, 1.82) is 0 Å². The molecule has 0 heterocycles. The number of amides is 2. The molecule has 2 amide bonds. The smallest absolute Gasteiger partial charge is 0.279 e. The Balaban J connectivity index is 1.55. The zero-order valence-electron chi connectivity index (χ0n) is 16.2. The molecular weight excluding hydrogens is 368 g/mol. The van der Waals surface area contributed by atoms with Crippen LogP contribution >= 0.6 is 0 Å². The molecule has 6 nitrogen and oxygen atoms in total. The van der Waals surface area contributed by atoms with Gasteiger partial charge in [-0.05, 0) is 42.3 Å². The zero-order chi connectivity index (χ0) is 20.6. The van der Waals surface area contributed by atoms with Crippen LogP contribution in [-0.4, -0.2) is 25.0 Å². The van der Waals surface area contributed by atoms with Gasteiger partial charge < -0.3 is 9.47 Å². The molecule has 1 unspecified atom stereocenters. The minimum atomic E-state index is -0.827. The molecule has 6 heteroatoms. The minimum Gasteiger partial charge on any atom is -0.493 e. The normalized spacial score (nSPS) is 11.2. The molecule has 0 saturated carbocycles. The van der Waals surface area contributed by atoms with Crippen molar-refractivity contribution in [1.82, 2.24) is 10.9 Å². The van der Waals surface area contributed by atoms with Crippen LogP contribution in [0, 0.1) is 0 Å². The molecule has 0 aliphatic carbocycles. The van der Waals surface area contributed by atoms with Crippen LogP contribution in [0.1, 0.15) is 17.3 Å². The third kappa shape index (κ3) is 5.13. The Hall–Kier alpha value is -3.80. The fraction of sp³-hybridized carbons (Fsp3) is 0.130. The molecule has 3 rings (SSSR count). The highest BCUT2D eigenvalue weighted by Gasteiger charge is 2.17. The van der Waals surface area contributed by atoms with Crippen LogP contribution in [0.15, 0.2) is 78.9 Å². The topological polar surface area (TPSA) is 76.7 Å². The minimum absolute atomic E-state index is 0.414. The van der Waals surface area contributed by atoms with Gasteiger partial charge in [0, 0.05) is 5.56 Å². The fourth-order valence-corrected chi connectivity index (χ4v) is 2.70. The molecule has 0 saturated heterocycles. The standard InChI is InChI=1S/C23H22N2O4/c1-16(29-21-11-7-6-10-20(21)28-2)22(26)24-25-23(27)19-14-12-18(13-15-19)17-8-4-3-5-9-17/h3-16H,1-2H3,(H,24,26)(H,25,27). The Bertz CT molecular complexity index is 972. The number of hydrogen-bond acceptors (Lipinski definition) is 4. The number of hydrogen-bond donors (Lipinski definition) is 2. The third-order valence-corrected chi connectivity index (χ3v) is 4.30. The molecule has 3 aromatic carbocycles. The van der Waals surface area contributed by atoms with E-state index in [-0.39, 0.29) is 0 Å². The summed E-state index contributed by atoms with van der Waals surface area (Å²) in [5, 5.41) is 0. The van der Waals surface area contributed by atoms with E-state index in [9.17, 15) is 9.59 Å². The Morgan fingerprint density at radius 2 is 1.34 bits per heavy atom. The molecule has 29 heavy (non-hydrogen) atoms. The van der Waals surface area contributed by atoms with Gasteiger partial charge in [0.25, 0.3) is 11.8 Å². The first-order valence-corrected chi connectivity index (χ1v) is 9.14. The number of rotatable bonds is 6. The predicted octanol–water partition coefficient (Wildman–Crippen LogP) is 3.59. The number of methoxy groups -OCH3 is 1. The first-order chi connectivity index (χ1) is 14.1. The summed E-state index contributed by atoms with van der Waals surface area (Å²) in [5.41, 5.74) is 7.29. The van der Waals surface area contributed by atoms with Crippen LogP contribution in [-0.2, 0) is 4.79 Å². The van der Waals surface area contributed by atoms with Crippen LogP contribution < -0.4 is 20.3 Å². The second-order valence-electron chi connectivity index (χ2n) is 6.30. The average molecular weight is 390 g/mol. The highest BCUT2D eigenvalue weighted by atomic mass is 16.5. The van der Waals surface area contributed by atoms with Gasteiger partial charge in [0.05, 0.1) is 7.11 Å². The number of para-hydroxylation sites is 2. The maximum absolute atomic E-state index is 12.3. The highest BCUT2D eigenvalue weighted by molar-refractivity contribution is 5.96. The molecule has 2 N–H and O–H groups in total. The number of hydrazine groups is 1. The van der Waals surface area contributed by atoms with E-state index in [0.29, 0.717) is 17.1 Å². The van der Waals surface area contributed by atoms with E-state index in [2.05, 4.69) is 10.9 Å². The molecule has 0 spiro atoms. The quantitative estimate of drug-likeness (QED) is 0.631. The van der Waals surface area contributed by atoms with Gasteiger partial charge in [-0.1, -0.05) is 54.6 Å². The zero-order valence-corrected chi connectivity index (χ0v) is 16.2. The van der Waals surface area contributed by atoms with Crippen molar-refractivity contribution in [3.63, 3.8) is 0 Å². The summed E-state index contributed by atoms with van der Waals surface area (Å²) in [6, 6.07) is 24.0. The van der Waals surface area contributed by atoms with Crippen molar-refractivity contribution in [2.45, 2.75) is 13.0 Å². The van der Waals surface area contributed by atoms with Crippen LogP contribution in [0.2, 0.25) is 0 Å². The van der Waals surface area contributed by atoms with Gasteiger partial charge in [-0.2, -0.15) is 0 Å². The van der Waals surface area contributed by atoms with E-state index in [0.717, 1.165) is 11.1 Å². The number of nitrogens with one attached hydrogen (secondary N) is 2. The lowest BCUT2D eigenvalue weighted by Crippen LogP contribution is -2.47. The molecule has 0 aliphatic rings. The van der Waals surface area contributed by atoms with Crippen molar-refractivity contribution in [3.05, 3.63) is 84.4 Å². The summed E-state index contributed by atoms with van der Waals surface area (Å²) in [4.78, 5) is 24.5. The number of carbonyl (C=O) groups excluding carboxylic acids is 2. The molecule has 0 fully saturated rings. The van der Waals surface area contributed by atoms with E-state index in [1.54, 1.807) is 43.3 Å². The molecule has 3 aromatic rings. The second kappa shape index (κ2) is 9.41. The van der Waals surface area contributed by atoms with Crippen molar-refractivity contribution in [2.24, 2.45) is 0 Å². The Kier molecular flexibility index (Phi) is 6.47. The Morgan fingerprint density at radius 3 is 2.00 bits per heavy atom. The first-order valence-electron chi connectivity index (χ1n) is 9.14. The number of benzene rings is 3. The summed E-state index contributed by atoms with van der Waals surface area (Å²) in [7, 11) is 1.52. The molecule has 1 atom stereocenters. The lowest BCUT2D eigenvalue weighted by Gasteiger charge is -2.16. The summed E-state index contributed by atoms with van der Waals surface area (Å²) in [6.45, 7) is 1.59. The molecule has 0 bridgehead atoms. The molecule has 0 aliphatic heterocycles. The average Bonchev–Trinajstić information content (AvgIpc) is 2.78. The van der Waals surface area contributed by atoms with Crippen molar-refractivity contribution in [2.75, 3.05) is 7.11 Å². The van der Waals surface area contributed by atoms with Crippen molar-refractivity contribution >= 4 is 11.8 Å². The van der Waals surface area contributed by atoms with Crippen LogP contribution in [0.5, 0.6) is 11.5 Å². The largest absolute Gasteiger partial charge is 0.493 e. The Morgan fingerprint density at radius 1 is 0.759 bits per heavy atom. The number of carbonyl (C=O) groups is 2. The summed E-state index contributed by atoms with van der Waals surface area (Å²) in [6.07, 6.45) is -0.827. The van der Waals surface area contributed by atoms with Gasteiger partial charge in [0.2, 0.25) is 0 Å². The van der Waals surface area contributed by atoms with Crippen LogP contribution in [0.4, 0.5) is 0 Å². The fourth-order valence-electron chi connectivity index (χ4n) is 2.70. The van der Waals surface area contributed by atoms with Crippen molar-refractivity contribution < 1.29 is 19.1 Å². The Labute approximate surface area is 169 Å². The summed E-state index contributed by atoms with van der Waals surface area (Å²) >= 11 is 0. The monoisotopic (exact) mass is 390 g/mol.